The molecule has 0 radical (unpaired) electrons. The number of aryl methyl sites for hydroxylation is 2. The van der Waals surface area contributed by atoms with E-state index in [1.54, 1.807) is 6.20 Å². The third kappa shape index (κ3) is 2.67. The molecule has 2 heterocycles. The fraction of sp³-hybridized carbons (Fsp3) is 0.250. The summed E-state index contributed by atoms with van der Waals surface area (Å²) < 4.78 is 7.61. The number of hydrogen-bond donors (Lipinski definition) is 1. The number of anilines is 1. The summed E-state index contributed by atoms with van der Waals surface area (Å²) in [6.07, 6.45) is 2.62. The standard InChI is InChI=1S/C16H18N4O/c1-2-21-14-8-5-7-13-15(14)19-16(17)20(13)11-9-12-6-3-4-10-18-12/h3-8,10H,2,9,11H2,1H3,(H2,17,19). The molecule has 3 rings (SSSR count). The first kappa shape index (κ1) is 13.4. The molecule has 21 heavy (non-hydrogen) atoms. The van der Waals surface area contributed by atoms with Crippen molar-refractivity contribution in [2.45, 2.75) is 19.9 Å². The highest BCUT2D eigenvalue weighted by Gasteiger charge is 2.12. The van der Waals surface area contributed by atoms with Crippen molar-refractivity contribution >= 4 is 17.0 Å². The zero-order valence-corrected chi connectivity index (χ0v) is 12.0. The van der Waals surface area contributed by atoms with Gasteiger partial charge in [-0.05, 0) is 31.2 Å². The smallest absolute Gasteiger partial charge is 0.201 e. The molecule has 5 nitrogen and oxygen atoms in total. The van der Waals surface area contributed by atoms with Crippen LogP contribution < -0.4 is 10.5 Å². The Morgan fingerprint density at radius 2 is 2.10 bits per heavy atom. The van der Waals surface area contributed by atoms with E-state index in [0.29, 0.717) is 12.6 Å². The Labute approximate surface area is 123 Å². The Hall–Kier alpha value is -2.56. The number of rotatable bonds is 5. The van der Waals surface area contributed by atoms with Crippen LogP contribution in [0.15, 0.2) is 42.6 Å². The highest BCUT2D eigenvalue weighted by atomic mass is 16.5. The van der Waals surface area contributed by atoms with Crippen LogP contribution in [0.5, 0.6) is 5.75 Å². The summed E-state index contributed by atoms with van der Waals surface area (Å²) in [7, 11) is 0. The van der Waals surface area contributed by atoms with Crippen LogP contribution in [0.3, 0.4) is 0 Å². The molecule has 0 amide bonds. The van der Waals surface area contributed by atoms with Crippen molar-refractivity contribution in [3.8, 4) is 5.75 Å². The minimum Gasteiger partial charge on any atom is -0.492 e. The molecule has 0 aliphatic heterocycles. The van der Waals surface area contributed by atoms with Crippen molar-refractivity contribution < 1.29 is 4.74 Å². The molecule has 2 aromatic heterocycles. The average molecular weight is 282 g/mol. The Bertz CT molecular complexity index is 737. The monoisotopic (exact) mass is 282 g/mol. The van der Waals surface area contributed by atoms with E-state index in [-0.39, 0.29) is 0 Å². The molecule has 0 aliphatic rings. The van der Waals surface area contributed by atoms with E-state index in [0.717, 1.165) is 35.4 Å². The normalized spacial score (nSPS) is 10.9. The van der Waals surface area contributed by atoms with Gasteiger partial charge in [0.05, 0.1) is 12.1 Å². The van der Waals surface area contributed by atoms with Crippen molar-refractivity contribution in [3.63, 3.8) is 0 Å². The summed E-state index contributed by atoms with van der Waals surface area (Å²) >= 11 is 0. The van der Waals surface area contributed by atoms with Gasteiger partial charge in [-0.2, -0.15) is 0 Å². The molecule has 0 saturated carbocycles. The third-order valence-electron chi connectivity index (χ3n) is 3.39. The molecule has 0 spiro atoms. The van der Waals surface area contributed by atoms with Gasteiger partial charge in [0.1, 0.15) is 11.3 Å². The van der Waals surface area contributed by atoms with Crippen LogP contribution in [0.1, 0.15) is 12.6 Å². The lowest BCUT2D eigenvalue weighted by atomic mass is 10.2. The number of imidazole rings is 1. The van der Waals surface area contributed by atoms with Gasteiger partial charge in [0.25, 0.3) is 0 Å². The molecule has 0 unspecified atom stereocenters. The van der Waals surface area contributed by atoms with Crippen LogP contribution >= 0.6 is 0 Å². The first-order valence-electron chi connectivity index (χ1n) is 7.07. The zero-order valence-electron chi connectivity index (χ0n) is 12.0. The predicted molar refractivity (Wildman–Crippen MR) is 83.3 cm³/mol. The Balaban J connectivity index is 1.91. The Kier molecular flexibility index (Phi) is 3.73. The maximum Gasteiger partial charge on any atom is 0.201 e. The summed E-state index contributed by atoms with van der Waals surface area (Å²) in [5.41, 5.74) is 8.91. The lowest BCUT2D eigenvalue weighted by molar-refractivity contribution is 0.343. The van der Waals surface area contributed by atoms with Crippen molar-refractivity contribution in [2.24, 2.45) is 0 Å². The van der Waals surface area contributed by atoms with Crippen LogP contribution in [0.4, 0.5) is 5.95 Å². The quantitative estimate of drug-likeness (QED) is 0.781. The van der Waals surface area contributed by atoms with Gasteiger partial charge in [0, 0.05) is 24.9 Å². The molecule has 108 valence electrons. The number of nitrogen functional groups attached to an aromatic ring is 1. The average Bonchev–Trinajstić information content (AvgIpc) is 2.83. The molecule has 0 atom stereocenters. The first-order valence-corrected chi connectivity index (χ1v) is 7.07. The molecular formula is C16H18N4O. The van der Waals surface area contributed by atoms with Gasteiger partial charge in [0.15, 0.2) is 0 Å². The van der Waals surface area contributed by atoms with Gasteiger partial charge in [0.2, 0.25) is 5.95 Å². The van der Waals surface area contributed by atoms with E-state index in [2.05, 4.69) is 9.97 Å². The van der Waals surface area contributed by atoms with Gasteiger partial charge < -0.3 is 15.0 Å². The summed E-state index contributed by atoms with van der Waals surface area (Å²) in [6.45, 7) is 3.31. The molecule has 3 aromatic rings. The molecule has 0 fully saturated rings. The van der Waals surface area contributed by atoms with E-state index in [9.17, 15) is 0 Å². The van der Waals surface area contributed by atoms with Crippen LogP contribution in [-0.2, 0) is 13.0 Å². The Morgan fingerprint density at radius 1 is 1.19 bits per heavy atom. The second-order valence-electron chi connectivity index (χ2n) is 4.75. The number of hydrogen-bond acceptors (Lipinski definition) is 4. The second kappa shape index (κ2) is 5.83. The number of benzene rings is 1. The second-order valence-corrected chi connectivity index (χ2v) is 4.75. The zero-order chi connectivity index (χ0) is 14.7. The van der Waals surface area contributed by atoms with Gasteiger partial charge >= 0.3 is 0 Å². The van der Waals surface area contributed by atoms with Gasteiger partial charge in [-0.25, -0.2) is 4.98 Å². The Morgan fingerprint density at radius 3 is 2.86 bits per heavy atom. The number of nitrogens with two attached hydrogens (primary N) is 1. The fourth-order valence-corrected chi connectivity index (χ4v) is 2.42. The van der Waals surface area contributed by atoms with Crippen LogP contribution in [0.25, 0.3) is 11.0 Å². The number of para-hydroxylation sites is 1. The molecule has 0 aliphatic carbocycles. The van der Waals surface area contributed by atoms with Gasteiger partial charge in [-0.1, -0.05) is 12.1 Å². The third-order valence-corrected chi connectivity index (χ3v) is 3.39. The highest BCUT2D eigenvalue weighted by molar-refractivity contribution is 5.84. The van der Waals surface area contributed by atoms with Gasteiger partial charge in [-0.3, -0.25) is 4.98 Å². The van der Waals surface area contributed by atoms with Crippen LogP contribution in [0.2, 0.25) is 0 Å². The number of pyridine rings is 1. The van der Waals surface area contributed by atoms with Gasteiger partial charge in [-0.15, -0.1) is 0 Å². The van der Waals surface area contributed by atoms with E-state index >= 15 is 0 Å². The van der Waals surface area contributed by atoms with Crippen LogP contribution in [0, 0.1) is 0 Å². The summed E-state index contributed by atoms with van der Waals surface area (Å²) in [4.78, 5) is 8.77. The summed E-state index contributed by atoms with van der Waals surface area (Å²) in [5, 5.41) is 0. The molecular weight excluding hydrogens is 264 g/mol. The number of ether oxygens (including phenoxy) is 1. The lowest BCUT2D eigenvalue weighted by Crippen LogP contribution is -2.06. The molecule has 2 N–H and O–H groups in total. The predicted octanol–water partition coefficient (Wildman–Crippen LogP) is 2.65. The lowest BCUT2D eigenvalue weighted by Gasteiger charge is -2.07. The maximum atomic E-state index is 6.06. The summed E-state index contributed by atoms with van der Waals surface area (Å²) in [5.74, 6) is 1.28. The first-order chi connectivity index (χ1) is 10.3. The van der Waals surface area contributed by atoms with Crippen LogP contribution in [-0.4, -0.2) is 21.1 Å². The van der Waals surface area contributed by atoms with E-state index in [1.807, 2.05) is 47.9 Å². The van der Waals surface area contributed by atoms with E-state index in [4.69, 9.17) is 10.5 Å². The topological polar surface area (TPSA) is 66.0 Å². The fourth-order valence-electron chi connectivity index (χ4n) is 2.42. The maximum absolute atomic E-state index is 6.06. The van der Waals surface area contributed by atoms with Crippen molar-refractivity contribution in [3.05, 3.63) is 48.3 Å². The molecule has 1 aromatic carbocycles. The van der Waals surface area contributed by atoms with E-state index < -0.39 is 0 Å². The van der Waals surface area contributed by atoms with Crippen molar-refractivity contribution in [1.29, 1.82) is 0 Å². The SMILES string of the molecule is CCOc1cccc2c1nc(N)n2CCc1ccccn1. The minimum absolute atomic E-state index is 0.507. The molecule has 0 saturated heterocycles. The number of nitrogens with zero attached hydrogens (tertiary/aromatic N) is 3. The largest absolute Gasteiger partial charge is 0.492 e. The van der Waals surface area contributed by atoms with E-state index in [1.165, 1.54) is 0 Å². The minimum atomic E-state index is 0.507. The number of fused-ring (bicyclic) bond motifs is 1. The molecule has 5 heteroatoms. The van der Waals surface area contributed by atoms with Crippen molar-refractivity contribution in [2.75, 3.05) is 12.3 Å². The molecule has 0 bridgehead atoms. The van der Waals surface area contributed by atoms with Crippen molar-refractivity contribution in [1.82, 2.24) is 14.5 Å². The summed E-state index contributed by atoms with van der Waals surface area (Å²) in [6, 6.07) is 11.8. The number of aromatic nitrogens is 3. The highest BCUT2D eigenvalue weighted by Crippen LogP contribution is 2.27.